The number of hydrogen-bond donors (Lipinski definition) is 1. The standard InChI is InChI=1S/C22H27NO3/c1-4-19(20-8-6-5-7-9-20)15-23-22(25)17(3)26-21(24)14-18-12-10-16(2)11-13-18/h5-13,17,19H,4,14-15H2,1-3H3,(H,23,25)/t17-,19+/m0/s1. The van der Waals surface area contributed by atoms with E-state index in [2.05, 4.69) is 24.4 Å². The van der Waals surface area contributed by atoms with Gasteiger partial charge in [0.1, 0.15) is 0 Å². The van der Waals surface area contributed by atoms with Crippen LogP contribution in [0.3, 0.4) is 0 Å². The minimum Gasteiger partial charge on any atom is -0.452 e. The van der Waals surface area contributed by atoms with Crippen molar-refractivity contribution in [1.29, 1.82) is 0 Å². The fraction of sp³-hybridized carbons (Fsp3) is 0.364. The number of benzene rings is 2. The van der Waals surface area contributed by atoms with Crippen LogP contribution in [0.1, 0.15) is 42.9 Å². The highest BCUT2D eigenvalue weighted by Gasteiger charge is 2.19. The largest absolute Gasteiger partial charge is 0.452 e. The Balaban J connectivity index is 1.81. The van der Waals surface area contributed by atoms with Crippen molar-refractivity contribution >= 4 is 11.9 Å². The lowest BCUT2D eigenvalue weighted by atomic mass is 9.96. The number of amides is 1. The molecule has 0 aromatic heterocycles. The zero-order valence-electron chi connectivity index (χ0n) is 15.7. The van der Waals surface area contributed by atoms with Crippen LogP contribution in [-0.2, 0) is 20.7 Å². The molecule has 2 rings (SSSR count). The van der Waals surface area contributed by atoms with Gasteiger partial charge in [-0.3, -0.25) is 9.59 Å². The minimum absolute atomic E-state index is 0.166. The lowest BCUT2D eigenvalue weighted by molar-refractivity contribution is -0.154. The maximum Gasteiger partial charge on any atom is 0.311 e. The number of hydrogen-bond acceptors (Lipinski definition) is 3. The fourth-order valence-corrected chi connectivity index (χ4v) is 2.76. The topological polar surface area (TPSA) is 55.4 Å². The molecule has 26 heavy (non-hydrogen) atoms. The van der Waals surface area contributed by atoms with E-state index in [0.29, 0.717) is 6.54 Å². The molecule has 1 N–H and O–H groups in total. The highest BCUT2D eigenvalue weighted by Crippen LogP contribution is 2.18. The molecule has 0 aliphatic heterocycles. The quantitative estimate of drug-likeness (QED) is 0.735. The summed E-state index contributed by atoms with van der Waals surface area (Å²) in [5.41, 5.74) is 3.21. The number of ether oxygens (including phenoxy) is 1. The Morgan fingerprint density at radius 3 is 2.31 bits per heavy atom. The molecule has 1 amide bonds. The number of esters is 1. The zero-order chi connectivity index (χ0) is 18.9. The summed E-state index contributed by atoms with van der Waals surface area (Å²) < 4.78 is 5.27. The van der Waals surface area contributed by atoms with E-state index in [1.165, 1.54) is 5.56 Å². The van der Waals surface area contributed by atoms with Crippen LogP contribution in [0.5, 0.6) is 0 Å². The highest BCUT2D eigenvalue weighted by molar-refractivity contribution is 5.83. The first-order chi connectivity index (χ1) is 12.5. The van der Waals surface area contributed by atoms with Crippen molar-refractivity contribution in [2.24, 2.45) is 0 Å². The third kappa shape index (κ3) is 6.03. The average molecular weight is 353 g/mol. The van der Waals surface area contributed by atoms with Gasteiger partial charge >= 0.3 is 5.97 Å². The van der Waals surface area contributed by atoms with Gasteiger partial charge in [-0.25, -0.2) is 0 Å². The van der Waals surface area contributed by atoms with Gasteiger partial charge < -0.3 is 10.1 Å². The molecule has 0 spiro atoms. The molecule has 4 heteroatoms. The number of rotatable bonds is 8. The van der Waals surface area contributed by atoms with Gasteiger partial charge in [0, 0.05) is 12.5 Å². The van der Waals surface area contributed by atoms with Gasteiger partial charge in [0.15, 0.2) is 6.10 Å². The van der Waals surface area contributed by atoms with Crippen LogP contribution in [0, 0.1) is 6.92 Å². The summed E-state index contributed by atoms with van der Waals surface area (Å²) in [4.78, 5) is 24.3. The zero-order valence-corrected chi connectivity index (χ0v) is 15.7. The molecule has 0 bridgehead atoms. The van der Waals surface area contributed by atoms with Gasteiger partial charge in [-0.05, 0) is 31.4 Å². The van der Waals surface area contributed by atoms with Gasteiger partial charge in [-0.2, -0.15) is 0 Å². The van der Waals surface area contributed by atoms with Crippen molar-refractivity contribution in [3.05, 3.63) is 71.3 Å². The van der Waals surface area contributed by atoms with E-state index >= 15 is 0 Å². The van der Waals surface area contributed by atoms with Crippen molar-refractivity contribution < 1.29 is 14.3 Å². The van der Waals surface area contributed by atoms with E-state index in [9.17, 15) is 9.59 Å². The maximum atomic E-state index is 12.2. The molecule has 0 saturated heterocycles. The van der Waals surface area contributed by atoms with Crippen molar-refractivity contribution in [3.63, 3.8) is 0 Å². The van der Waals surface area contributed by atoms with Crippen LogP contribution in [0.15, 0.2) is 54.6 Å². The predicted molar refractivity (Wildman–Crippen MR) is 103 cm³/mol. The van der Waals surface area contributed by atoms with Crippen molar-refractivity contribution in [2.75, 3.05) is 6.54 Å². The molecule has 0 aliphatic carbocycles. The first kappa shape index (κ1) is 19.7. The Hall–Kier alpha value is -2.62. The number of aryl methyl sites for hydroxylation is 1. The molecule has 2 atom stereocenters. The summed E-state index contributed by atoms with van der Waals surface area (Å²) in [7, 11) is 0. The molecule has 0 unspecified atom stereocenters. The Kier molecular flexibility index (Phi) is 7.39. The molecule has 0 heterocycles. The summed E-state index contributed by atoms with van der Waals surface area (Å²) >= 11 is 0. The van der Waals surface area contributed by atoms with E-state index in [1.54, 1.807) is 6.92 Å². The average Bonchev–Trinajstić information content (AvgIpc) is 2.64. The Labute approximate surface area is 155 Å². The second-order valence-electron chi connectivity index (χ2n) is 6.56. The van der Waals surface area contributed by atoms with E-state index < -0.39 is 12.1 Å². The Bertz CT molecular complexity index is 710. The van der Waals surface area contributed by atoms with Crippen LogP contribution in [0.4, 0.5) is 0 Å². The Morgan fingerprint density at radius 2 is 1.69 bits per heavy atom. The summed E-state index contributed by atoms with van der Waals surface area (Å²) in [5, 5.41) is 2.89. The van der Waals surface area contributed by atoms with Gasteiger partial charge in [-0.15, -0.1) is 0 Å². The SMILES string of the molecule is CC[C@H](CNC(=O)[C@H](C)OC(=O)Cc1ccc(C)cc1)c1ccccc1. The normalized spacial score (nSPS) is 12.9. The Morgan fingerprint density at radius 1 is 1.04 bits per heavy atom. The number of carbonyl (C=O) groups excluding carboxylic acids is 2. The predicted octanol–water partition coefficient (Wildman–Crippen LogP) is 3.78. The maximum absolute atomic E-state index is 12.2. The summed E-state index contributed by atoms with van der Waals surface area (Å²) in [6, 6.07) is 17.8. The van der Waals surface area contributed by atoms with E-state index in [4.69, 9.17) is 4.74 Å². The molecule has 0 saturated carbocycles. The van der Waals surface area contributed by atoms with Crippen molar-refractivity contribution in [2.45, 2.75) is 45.6 Å². The van der Waals surface area contributed by atoms with Crippen LogP contribution in [0.25, 0.3) is 0 Å². The van der Waals surface area contributed by atoms with E-state index in [0.717, 1.165) is 17.5 Å². The first-order valence-electron chi connectivity index (χ1n) is 9.07. The smallest absolute Gasteiger partial charge is 0.311 e. The van der Waals surface area contributed by atoms with Crippen LogP contribution in [-0.4, -0.2) is 24.5 Å². The van der Waals surface area contributed by atoms with Gasteiger partial charge in [0.25, 0.3) is 5.91 Å². The van der Waals surface area contributed by atoms with Crippen LogP contribution < -0.4 is 5.32 Å². The third-order valence-electron chi connectivity index (χ3n) is 4.43. The highest BCUT2D eigenvalue weighted by atomic mass is 16.5. The minimum atomic E-state index is -0.804. The van der Waals surface area contributed by atoms with Crippen LogP contribution in [0.2, 0.25) is 0 Å². The second kappa shape index (κ2) is 9.76. The van der Waals surface area contributed by atoms with Crippen molar-refractivity contribution in [1.82, 2.24) is 5.32 Å². The molecular weight excluding hydrogens is 326 g/mol. The molecule has 138 valence electrons. The fourth-order valence-electron chi connectivity index (χ4n) is 2.76. The first-order valence-corrected chi connectivity index (χ1v) is 9.07. The van der Waals surface area contributed by atoms with Gasteiger partial charge in [0.05, 0.1) is 6.42 Å². The lowest BCUT2D eigenvalue weighted by Gasteiger charge is -2.18. The molecule has 2 aromatic rings. The van der Waals surface area contributed by atoms with Crippen molar-refractivity contribution in [3.8, 4) is 0 Å². The summed E-state index contributed by atoms with van der Waals surface area (Å²) in [5.74, 6) is -0.418. The molecule has 4 nitrogen and oxygen atoms in total. The van der Waals surface area contributed by atoms with E-state index in [-0.39, 0.29) is 18.2 Å². The van der Waals surface area contributed by atoms with Gasteiger partial charge in [-0.1, -0.05) is 67.1 Å². The summed E-state index contributed by atoms with van der Waals surface area (Å²) in [6.45, 7) is 6.22. The summed E-state index contributed by atoms with van der Waals surface area (Å²) in [6.07, 6.45) is 0.284. The second-order valence-corrected chi connectivity index (χ2v) is 6.56. The molecule has 0 fully saturated rings. The molecular formula is C22H27NO3. The monoisotopic (exact) mass is 353 g/mol. The third-order valence-corrected chi connectivity index (χ3v) is 4.43. The van der Waals surface area contributed by atoms with E-state index in [1.807, 2.05) is 49.4 Å². The number of carbonyl (C=O) groups is 2. The molecule has 0 radical (unpaired) electrons. The molecule has 2 aromatic carbocycles. The lowest BCUT2D eigenvalue weighted by Crippen LogP contribution is -2.38. The molecule has 0 aliphatic rings. The van der Waals surface area contributed by atoms with Crippen LogP contribution >= 0.6 is 0 Å². The number of nitrogens with one attached hydrogen (secondary N) is 1. The van der Waals surface area contributed by atoms with Gasteiger partial charge in [0.2, 0.25) is 0 Å².